The number of aryl methyl sites for hydroxylation is 1. The van der Waals surface area contributed by atoms with Crippen molar-refractivity contribution in [3.8, 4) is 10.4 Å². The van der Waals surface area contributed by atoms with E-state index in [-0.39, 0.29) is 12.5 Å². The second kappa shape index (κ2) is 6.45. The Bertz CT molecular complexity index is 1040. The highest BCUT2D eigenvalue weighted by Crippen LogP contribution is 2.32. The van der Waals surface area contributed by atoms with Crippen LogP contribution in [0.3, 0.4) is 0 Å². The Morgan fingerprint density at radius 3 is 2.72 bits per heavy atom. The molecule has 2 aromatic carbocycles. The molecule has 1 N–H and O–H groups in total. The van der Waals surface area contributed by atoms with Crippen molar-refractivity contribution in [1.29, 1.82) is 0 Å². The lowest BCUT2D eigenvalue weighted by Gasteiger charge is -2.02. The molecule has 7 heteroatoms. The molecular formula is C18H15N5OS. The average molecular weight is 349 g/mol. The summed E-state index contributed by atoms with van der Waals surface area (Å²) in [5.74, 6) is -0.177. The zero-order valence-corrected chi connectivity index (χ0v) is 14.3. The van der Waals surface area contributed by atoms with Crippen LogP contribution in [0.25, 0.3) is 21.5 Å². The fraction of sp³-hybridized carbons (Fsp3) is 0.111. The summed E-state index contributed by atoms with van der Waals surface area (Å²) >= 11 is 1.47. The van der Waals surface area contributed by atoms with Crippen LogP contribution in [0, 0.1) is 6.92 Å². The Morgan fingerprint density at radius 1 is 1.12 bits per heavy atom. The van der Waals surface area contributed by atoms with E-state index >= 15 is 0 Å². The first-order chi connectivity index (χ1) is 12.2. The fourth-order valence-corrected chi connectivity index (χ4v) is 3.62. The van der Waals surface area contributed by atoms with E-state index < -0.39 is 0 Å². The Labute approximate surface area is 148 Å². The number of fused-ring (bicyclic) bond motifs is 1. The first-order valence-corrected chi connectivity index (χ1v) is 8.63. The minimum absolute atomic E-state index is 0.0970. The van der Waals surface area contributed by atoms with Crippen LogP contribution in [0.1, 0.15) is 5.69 Å². The zero-order valence-electron chi connectivity index (χ0n) is 13.5. The van der Waals surface area contributed by atoms with Crippen molar-refractivity contribution in [3.63, 3.8) is 0 Å². The number of carbonyl (C=O) groups excluding carboxylic acids is 1. The summed E-state index contributed by atoms with van der Waals surface area (Å²) in [6.07, 6.45) is 0. The number of para-hydroxylation sites is 1. The predicted molar refractivity (Wildman–Crippen MR) is 98.4 cm³/mol. The number of thiazole rings is 1. The molecule has 124 valence electrons. The van der Waals surface area contributed by atoms with Crippen LogP contribution in [-0.2, 0) is 11.3 Å². The number of anilines is 1. The number of amides is 1. The van der Waals surface area contributed by atoms with Gasteiger partial charge in [0.1, 0.15) is 12.1 Å². The Hall–Kier alpha value is -3.06. The number of benzene rings is 2. The fourth-order valence-electron chi connectivity index (χ4n) is 2.64. The molecule has 4 aromatic rings. The summed E-state index contributed by atoms with van der Waals surface area (Å²) in [6, 6.07) is 17.6. The molecule has 0 fully saturated rings. The number of hydrogen-bond acceptors (Lipinski definition) is 5. The molecule has 0 spiro atoms. The standard InChI is InChI=1S/C18H15N5OS/c1-12-17(13-7-3-2-4-8-13)25-18(19-12)20-16(24)11-23-15-10-6-5-9-14(15)21-22-23/h2-10H,11H2,1H3,(H,19,20,24). The van der Waals surface area contributed by atoms with Crippen molar-refractivity contribution in [2.75, 3.05) is 5.32 Å². The van der Waals surface area contributed by atoms with E-state index in [9.17, 15) is 4.79 Å². The molecule has 6 nitrogen and oxygen atoms in total. The molecule has 0 unspecified atom stereocenters. The lowest BCUT2D eigenvalue weighted by atomic mass is 10.2. The SMILES string of the molecule is Cc1nc(NC(=O)Cn2nnc3ccccc32)sc1-c1ccccc1. The first-order valence-electron chi connectivity index (χ1n) is 7.81. The molecule has 0 aliphatic heterocycles. The van der Waals surface area contributed by atoms with E-state index in [4.69, 9.17) is 0 Å². The van der Waals surface area contributed by atoms with Gasteiger partial charge in [-0.05, 0) is 24.6 Å². The summed E-state index contributed by atoms with van der Waals surface area (Å²) in [5.41, 5.74) is 3.60. The molecule has 0 bridgehead atoms. The largest absolute Gasteiger partial charge is 0.300 e. The summed E-state index contributed by atoms with van der Waals surface area (Å²) in [4.78, 5) is 17.9. The molecule has 25 heavy (non-hydrogen) atoms. The highest BCUT2D eigenvalue weighted by Gasteiger charge is 2.13. The Morgan fingerprint density at radius 2 is 1.88 bits per heavy atom. The van der Waals surface area contributed by atoms with Crippen LogP contribution in [0.2, 0.25) is 0 Å². The molecule has 1 amide bonds. The molecule has 0 aliphatic carbocycles. The topological polar surface area (TPSA) is 72.7 Å². The van der Waals surface area contributed by atoms with Crippen LogP contribution < -0.4 is 5.32 Å². The average Bonchev–Trinajstić information content (AvgIpc) is 3.19. The summed E-state index contributed by atoms with van der Waals surface area (Å²) in [7, 11) is 0. The van der Waals surface area contributed by atoms with Gasteiger partial charge in [-0.2, -0.15) is 0 Å². The third-order valence-electron chi connectivity index (χ3n) is 3.79. The van der Waals surface area contributed by atoms with Gasteiger partial charge >= 0.3 is 0 Å². The maximum Gasteiger partial charge on any atom is 0.247 e. The Kier molecular flexibility index (Phi) is 3.99. The number of carbonyl (C=O) groups is 1. The van der Waals surface area contributed by atoms with Gasteiger partial charge in [-0.3, -0.25) is 4.79 Å². The lowest BCUT2D eigenvalue weighted by molar-refractivity contribution is -0.116. The van der Waals surface area contributed by atoms with Crippen molar-refractivity contribution in [1.82, 2.24) is 20.0 Å². The van der Waals surface area contributed by atoms with Gasteiger partial charge in [0.2, 0.25) is 5.91 Å². The third-order valence-corrected chi connectivity index (χ3v) is 4.91. The van der Waals surface area contributed by atoms with Gasteiger partial charge in [0.05, 0.1) is 16.1 Å². The molecule has 2 heterocycles. The van der Waals surface area contributed by atoms with E-state index in [1.54, 1.807) is 4.68 Å². The van der Waals surface area contributed by atoms with E-state index in [0.29, 0.717) is 5.13 Å². The highest BCUT2D eigenvalue weighted by molar-refractivity contribution is 7.19. The van der Waals surface area contributed by atoms with Crippen LogP contribution in [0.4, 0.5) is 5.13 Å². The van der Waals surface area contributed by atoms with E-state index in [2.05, 4.69) is 20.6 Å². The second-order valence-corrected chi connectivity index (χ2v) is 6.58. The van der Waals surface area contributed by atoms with E-state index in [0.717, 1.165) is 27.2 Å². The minimum Gasteiger partial charge on any atom is -0.300 e. The van der Waals surface area contributed by atoms with Crippen molar-refractivity contribution in [2.45, 2.75) is 13.5 Å². The number of rotatable bonds is 4. The van der Waals surface area contributed by atoms with Gasteiger partial charge < -0.3 is 5.32 Å². The van der Waals surface area contributed by atoms with Crippen molar-refractivity contribution >= 4 is 33.4 Å². The van der Waals surface area contributed by atoms with Crippen molar-refractivity contribution < 1.29 is 4.79 Å². The molecule has 0 aliphatic rings. The summed E-state index contributed by atoms with van der Waals surface area (Å²) < 4.78 is 1.59. The molecule has 0 saturated carbocycles. The van der Waals surface area contributed by atoms with Crippen molar-refractivity contribution in [2.24, 2.45) is 0 Å². The van der Waals surface area contributed by atoms with Gasteiger partial charge in [0, 0.05) is 0 Å². The molecule has 4 rings (SSSR count). The molecule has 0 saturated heterocycles. The molecule has 0 radical (unpaired) electrons. The summed E-state index contributed by atoms with van der Waals surface area (Å²) in [6.45, 7) is 2.04. The van der Waals surface area contributed by atoms with E-state index in [1.807, 2.05) is 61.5 Å². The maximum absolute atomic E-state index is 12.3. The molecule has 0 atom stereocenters. The van der Waals surface area contributed by atoms with Crippen molar-refractivity contribution in [3.05, 3.63) is 60.3 Å². The number of aromatic nitrogens is 4. The number of hydrogen-bond donors (Lipinski definition) is 1. The Balaban J connectivity index is 1.52. The van der Waals surface area contributed by atoms with Gasteiger partial charge in [-0.15, -0.1) is 5.10 Å². The smallest absolute Gasteiger partial charge is 0.247 e. The van der Waals surface area contributed by atoms with Crippen LogP contribution in [0.5, 0.6) is 0 Å². The lowest BCUT2D eigenvalue weighted by Crippen LogP contribution is -2.19. The number of nitrogens with one attached hydrogen (secondary N) is 1. The first kappa shape index (κ1) is 15.5. The second-order valence-electron chi connectivity index (χ2n) is 5.58. The van der Waals surface area contributed by atoms with Gasteiger partial charge in [0.25, 0.3) is 0 Å². The van der Waals surface area contributed by atoms with E-state index in [1.165, 1.54) is 11.3 Å². The predicted octanol–water partition coefficient (Wildman–Crippen LogP) is 3.50. The number of nitrogens with zero attached hydrogens (tertiary/aromatic N) is 4. The summed E-state index contributed by atoms with van der Waals surface area (Å²) in [5, 5.41) is 11.5. The highest BCUT2D eigenvalue weighted by atomic mass is 32.1. The third kappa shape index (κ3) is 3.14. The van der Waals surface area contributed by atoms with Crippen LogP contribution in [-0.4, -0.2) is 25.9 Å². The van der Waals surface area contributed by atoms with Gasteiger partial charge in [-0.1, -0.05) is 59.0 Å². The van der Waals surface area contributed by atoms with Crippen LogP contribution in [0.15, 0.2) is 54.6 Å². The van der Waals surface area contributed by atoms with Gasteiger partial charge in [0.15, 0.2) is 5.13 Å². The quantitative estimate of drug-likeness (QED) is 0.612. The normalized spacial score (nSPS) is 10.9. The zero-order chi connectivity index (χ0) is 17.2. The van der Waals surface area contributed by atoms with Gasteiger partial charge in [-0.25, -0.2) is 9.67 Å². The molecular weight excluding hydrogens is 334 g/mol. The maximum atomic E-state index is 12.3. The van der Waals surface area contributed by atoms with Crippen LogP contribution >= 0.6 is 11.3 Å². The molecule has 2 aromatic heterocycles. The monoisotopic (exact) mass is 349 g/mol. The minimum atomic E-state index is -0.177.